The molecule has 1 aromatic carbocycles. The number of benzene rings is 1. The molecule has 1 aromatic rings. The molecule has 0 bridgehead atoms. The Hall–Kier alpha value is -1.04. The van der Waals surface area contributed by atoms with Crippen molar-refractivity contribution in [1.29, 1.82) is 0 Å². The fraction of sp³-hybridized carbons (Fsp3) is 0.400. The van der Waals surface area contributed by atoms with Crippen LogP contribution in [-0.4, -0.2) is 19.2 Å². The van der Waals surface area contributed by atoms with Crippen molar-refractivity contribution < 1.29 is 22.6 Å². The number of hydrogen-bond donors (Lipinski definition) is 0. The first-order valence-electron chi connectivity index (χ1n) is 4.53. The van der Waals surface area contributed by atoms with Crippen LogP contribution in [0.2, 0.25) is 0 Å². The molecule has 0 radical (unpaired) electrons. The van der Waals surface area contributed by atoms with Crippen molar-refractivity contribution in [2.24, 2.45) is 0 Å². The van der Waals surface area contributed by atoms with E-state index in [0.717, 1.165) is 0 Å². The van der Waals surface area contributed by atoms with Gasteiger partial charge in [0.2, 0.25) is 0 Å². The Bertz CT molecular complexity index is 352. The van der Waals surface area contributed by atoms with E-state index in [4.69, 9.17) is 4.74 Å². The van der Waals surface area contributed by atoms with E-state index in [1.54, 1.807) is 19.2 Å². The van der Waals surface area contributed by atoms with Crippen molar-refractivity contribution in [2.75, 3.05) is 12.9 Å². The molecular weight excluding hydrogens is 241 g/mol. The van der Waals surface area contributed by atoms with Crippen molar-refractivity contribution in [3.63, 3.8) is 0 Å². The van der Waals surface area contributed by atoms with E-state index < -0.39 is 6.36 Å². The summed E-state index contributed by atoms with van der Waals surface area (Å²) in [6.45, 7) is 1.98. The van der Waals surface area contributed by atoms with E-state index in [1.807, 2.05) is 0 Å². The average molecular weight is 252 g/mol. The van der Waals surface area contributed by atoms with Gasteiger partial charge < -0.3 is 9.47 Å². The SMILES string of the molecule is CCOc1ccc(SC)cc1OC(F)(F)F. The highest BCUT2D eigenvalue weighted by molar-refractivity contribution is 7.98. The fourth-order valence-corrected chi connectivity index (χ4v) is 1.52. The maximum absolute atomic E-state index is 12.1. The molecule has 0 heterocycles. The first kappa shape index (κ1) is 13.0. The largest absolute Gasteiger partial charge is 0.573 e. The molecule has 6 heteroatoms. The van der Waals surface area contributed by atoms with Gasteiger partial charge in [-0.05, 0) is 31.4 Å². The van der Waals surface area contributed by atoms with Gasteiger partial charge in [0.1, 0.15) is 0 Å². The van der Waals surface area contributed by atoms with Crippen molar-refractivity contribution >= 4 is 11.8 Å². The smallest absolute Gasteiger partial charge is 0.490 e. The van der Waals surface area contributed by atoms with Gasteiger partial charge >= 0.3 is 6.36 Å². The highest BCUT2D eigenvalue weighted by Gasteiger charge is 2.32. The van der Waals surface area contributed by atoms with Crippen LogP contribution in [0.1, 0.15) is 6.92 Å². The van der Waals surface area contributed by atoms with Gasteiger partial charge in [0.05, 0.1) is 6.61 Å². The monoisotopic (exact) mass is 252 g/mol. The lowest BCUT2D eigenvalue weighted by atomic mass is 10.3. The summed E-state index contributed by atoms with van der Waals surface area (Å²) in [5, 5.41) is 0. The van der Waals surface area contributed by atoms with Gasteiger partial charge in [-0.3, -0.25) is 0 Å². The minimum absolute atomic E-state index is 0.0950. The van der Waals surface area contributed by atoms with E-state index in [1.165, 1.54) is 23.9 Å². The molecule has 0 spiro atoms. The minimum Gasteiger partial charge on any atom is -0.490 e. The summed E-state index contributed by atoms with van der Waals surface area (Å²) in [6.07, 6.45) is -2.93. The van der Waals surface area contributed by atoms with Gasteiger partial charge in [0.25, 0.3) is 0 Å². The van der Waals surface area contributed by atoms with Crippen LogP contribution >= 0.6 is 11.8 Å². The van der Waals surface area contributed by atoms with E-state index >= 15 is 0 Å². The third-order valence-electron chi connectivity index (χ3n) is 1.68. The van der Waals surface area contributed by atoms with Gasteiger partial charge in [-0.25, -0.2) is 0 Å². The molecule has 0 N–H and O–H groups in total. The molecule has 0 aliphatic carbocycles. The normalized spacial score (nSPS) is 11.3. The highest BCUT2D eigenvalue weighted by Crippen LogP contribution is 2.35. The van der Waals surface area contributed by atoms with Crippen LogP contribution in [0, 0.1) is 0 Å². The molecule has 1 rings (SSSR count). The minimum atomic E-state index is -4.71. The van der Waals surface area contributed by atoms with Gasteiger partial charge in [-0.15, -0.1) is 24.9 Å². The lowest BCUT2D eigenvalue weighted by Crippen LogP contribution is -2.17. The Labute approximate surface area is 95.7 Å². The van der Waals surface area contributed by atoms with Gasteiger partial charge in [-0.1, -0.05) is 0 Å². The maximum atomic E-state index is 12.1. The number of halogens is 3. The van der Waals surface area contributed by atoms with Crippen molar-refractivity contribution in [3.05, 3.63) is 18.2 Å². The third-order valence-corrected chi connectivity index (χ3v) is 2.40. The number of rotatable bonds is 4. The Balaban J connectivity index is 3.00. The zero-order chi connectivity index (χ0) is 12.2. The van der Waals surface area contributed by atoms with E-state index in [-0.39, 0.29) is 18.1 Å². The molecule has 90 valence electrons. The molecule has 0 amide bonds. The molecule has 16 heavy (non-hydrogen) atoms. The highest BCUT2D eigenvalue weighted by atomic mass is 32.2. The zero-order valence-corrected chi connectivity index (χ0v) is 9.61. The molecule has 0 aliphatic rings. The van der Waals surface area contributed by atoms with Crippen LogP contribution in [0.3, 0.4) is 0 Å². The summed E-state index contributed by atoms with van der Waals surface area (Å²) in [6, 6.07) is 4.46. The predicted octanol–water partition coefficient (Wildman–Crippen LogP) is 3.71. The lowest BCUT2D eigenvalue weighted by Gasteiger charge is -2.14. The Morgan fingerprint density at radius 2 is 1.94 bits per heavy atom. The summed E-state index contributed by atoms with van der Waals surface area (Å²) in [5.41, 5.74) is 0. The summed E-state index contributed by atoms with van der Waals surface area (Å²) >= 11 is 1.33. The van der Waals surface area contributed by atoms with Crippen LogP contribution in [0.5, 0.6) is 11.5 Å². The van der Waals surface area contributed by atoms with Crippen molar-refractivity contribution in [3.8, 4) is 11.5 Å². The van der Waals surface area contributed by atoms with Crippen LogP contribution < -0.4 is 9.47 Å². The summed E-state index contributed by atoms with van der Waals surface area (Å²) in [5.74, 6) is -0.209. The molecule has 2 nitrogen and oxygen atoms in total. The topological polar surface area (TPSA) is 18.5 Å². The van der Waals surface area contributed by atoms with E-state index in [9.17, 15) is 13.2 Å². The molecule has 0 saturated heterocycles. The molecule has 0 aromatic heterocycles. The van der Waals surface area contributed by atoms with Crippen LogP contribution in [0.25, 0.3) is 0 Å². The second-order valence-corrected chi connectivity index (χ2v) is 3.67. The first-order chi connectivity index (χ1) is 7.46. The summed E-state index contributed by atoms with van der Waals surface area (Å²) in [4.78, 5) is 0.683. The van der Waals surface area contributed by atoms with Gasteiger partial charge in [-0.2, -0.15) is 0 Å². The maximum Gasteiger partial charge on any atom is 0.573 e. The fourth-order valence-electron chi connectivity index (χ4n) is 1.09. The second kappa shape index (κ2) is 5.34. The Morgan fingerprint density at radius 1 is 1.25 bits per heavy atom. The molecule has 0 saturated carbocycles. The number of thioether (sulfide) groups is 1. The Morgan fingerprint density at radius 3 is 2.44 bits per heavy atom. The molecular formula is C10H11F3O2S. The number of alkyl halides is 3. The summed E-state index contributed by atoms with van der Waals surface area (Å²) in [7, 11) is 0. The Kier molecular flexibility index (Phi) is 4.35. The lowest BCUT2D eigenvalue weighted by molar-refractivity contribution is -0.275. The molecule has 0 aliphatic heterocycles. The molecule has 0 unspecified atom stereocenters. The van der Waals surface area contributed by atoms with Crippen LogP contribution in [0.4, 0.5) is 13.2 Å². The predicted molar refractivity (Wildman–Crippen MR) is 56.1 cm³/mol. The van der Waals surface area contributed by atoms with Crippen molar-refractivity contribution in [1.82, 2.24) is 0 Å². The molecule has 0 fully saturated rings. The number of hydrogen-bond acceptors (Lipinski definition) is 3. The summed E-state index contributed by atoms with van der Waals surface area (Å²) < 4.78 is 45.3. The standard InChI is InChI=1S/C10H11F3O2S/c1-3-14-8-5-4-7(16-2)6-9(8)15-10(11,12)13/h4-6H,3H2,1-2H3. The van der Waals surface area contributed by atoms with Crippen LogP contribution in [0.15, 0.2) is 23.1 Å². The first-order valence-corrected chi connectivity index (χ1v) is 5.75. The zero-order valence-electron chi connectivity index (χ0n) is 8.80. The quantitative estimate of drug-likeness (QED) is 0.761. The molecule has 0 atom stereocenters. The average Bonchev–Trinajstić information content (AvgIpc) is 2.18. The van der Waals surface area contributed by atoms with Crippen molar-refractivity contribution in [2.45, 2.75) is 18.2 Å². The van der Waals surface area contributed by atoms with E-state index in [2.05, 4.69) is 4.74 Å². The third kappa shape index (κ3) is 3.84. The van der Waals surface area contributed by atoms with Crippen LogP contribution in [-0.2, 0) is 0 Å². The second-order valence-electron chi connectivity index (χ2n) is 2.79. The van der Waals surface area contributed by atoms with E-state index in [0.29, 0.717) is 4.90 Å². The van der Waals surface area contributed by atoms with Gasteiger partial charge in [0.15, 0.2) is 11.5 Å². The van der Waals surface area contributed by atoms with Gasteiger partial charge in [0, 0.05) is 4.90 Å². The number of ether oxygens (including phenoxy) is 2.